The van der Waals surface area contributed by atoms with Crippen LogP contribution < -0.4 is 4.74 Å². The molecular weight excluding hydrogens is 368 g/mol. The molecule has 2 atom stereocenters. The molecule has 2 unspecified atom stereocenters. The molecule has 2 aliphatic heterocycles. The van der Waals surface area contributed by atoms with Gasteiger partial charge in [-0.2, -0.15) is 0 Å². The molecule has 1 saturated heterocycles. The van der Waals surface area contributed by atoms with Crippen LogP contribution in [0.15, 0.2) is 30.0 Å². The maximum Gasteiger partial charge on any atom is 0.277 e. The minimum atomic E-state index is -0.201. The SMILES string of the molecule is CCCCN1C(=O)C(c2ccc(OCCC)cc2)=C(N2CC(C)OC(C)C2)C1=O. The molecule has 2 amide bonds. The number of nitrogens with zero attached hydrogens (tertiary/aromatic N) is 2. The normalized spacial score (nSPS) is 22.6. The second kappa shape index (κ2) is 9.44. The van der Waals surface area contributed by atoms with E-state index in [4.69, 9.17) is 9.47 Å². The van der Waals surface area contributed by atoms with E-state index < -0.39 is 0 Å². The molecule has 0 aromatic heterocycles. The lowest BCUT2D eigenvalue weighted by molar-refractivity contribution is -0.138. The number of hydrogen-bond donors (Lipinski definition) is 0. The lowest BCUT2D eigenvalue weighted by atomic mass is 10.0. The van der Waals surface area contributed by atoms with Crippen molar-refractivity contribution in [3.05, 3.63) is 35.5 Å². The molecule has 158 valence electrons. The zero-order valence-corrected chi connectivity index (χ0v) is 17.9. The quantitative estimate of drug-likeness (QED) is 0.626. The highest BCUT2D eigenvalue weighted by Crippen LogP contribution is 2.34. The Morgan fingerprint density at radius 1 is 1.00 bits per heavy atom. The molecule has 0 spiro atoms. The Morgan fingerprint density at radius 3 is 2.24 bits per heavy atom. The lowest BCUT2D eigenvalue weighted by Gasteiger charge is -2.37. The summed E-state index contributed by atoms with van der Waals surface area (Å²) in [6.45, 7) is 10.4. The molecule has 1 fully saturated rings. The van der Waals surface area contributed by atoms with Gasteiger partial charge in [0.2, 0.25) is 0 Å². The Hall–Kier alpha value is -2.34. The molecular formula is C23H32N2O4. The maximum absolute atomic E-state index is 13.3. The van der Waals surface area contributed by atoms with Gasteiger partial charge in [-0.15, -0.1) is 0 Å². The largest absolute Gasteiger partial charge is 0.494 e. The molecule has 2 aliphatic rings. The van der Waals surface area contributed by atoms with Crippen LogP contribution in [0.1, 0.15) is 52.5 Å². The van der Waals surface area contributed by atoms with Crippen LogP contribution in [-0.2, 0) is 14.3 Å². The van der Waals surface area contributed by atoms with Gasteiger partial charge in [-0.3, -0.25) is 14.5 Å². The van der Waals surface area contributed by atoms with Crippen LogP contribution in [0.2, 0.25) is 0 Å². The number of carbonyl (C=O) groups excluding carboxylic acids is 2. The van der Waals surface area contributed by atoms with E-state index in [9.17, 15) is 9.59 Å². The number of hydrogen-bond acceptors (Lipinski definition) is 5. The number of benzene rings is 1. The molecule has 0 aliphatic carbocycles. The zero-order valence-electron chi connectivity index (χ0n) is 17.9. The van der Waals surface area contributed by atoms with Crippen molar-refractivity contribution >= 4 is 17.4 Å². The number of carbonyl (C=O) groups is 2. The van der Waals surface area contributed by atoms with E-state index in [0.29, 0.717) is 37.5 Å². The fourth-order valence-corrected chi connectivity index (χ4v) is 3.93. The molecule has 3 rings (SSSR count). The third kappa shape index (κ3) is 4.64. The van der Waals surface area contributed by atoms with Crippen molar-refractivity contribution in [2.45, 2.75) is 59.2 Å². The average Bonchev–Trinajstić information content (AvgIpc) is 2.94. The fourth-order valence-electron chi connectivity index (χ4n) is 3.93. The Balaban J connectivity index is 1.97. The molecule has 0 saturated carbocycles. The van der Waals surface area contributed by atoms with Crippen LogP contribution in [0.5, 0.6) is 5.75 Å². The lowest BCUT2D eigenvalue weighted by Crippen LogP contribution is -2.47. The van der Waals surface area contributed by atoms with Crippen molar-refractivity contribution in [1.82, 2.24) is 9.80 Å². The van der Waals surface area contributed by atoms with Gasteiger partial charge in [-0.05, 0) is 44.4 Å². The van der Waals surface area contributed by atoms with Crippen molar-refractivity contribution in [2.24, 2.45) is 0 Å². The first-order chi connectivity index (χ1) is 14.0. The average molecular weight is 401 g/mol. The van der Waals surface area contributed by atoms with Gasteiger partial charge in [-0.1, -0.05) is 32.4 Å². The second-order valence-electron chi connectivity index (χ2n) is 7.87. The summed E-state index contributed by atoms with van der Waals surface area (Å²) in [5.74, 6) is 0.379. The van der Waals surface area contributed by atoms with Gasteiger partial charge >= 0.3 is 0 Å². The van der Waals surface area contributed by atoms with E-state index in [-0.39, 0.29) is 24.0 Å². The van der Waals surface area contributed by atoms with E-state index in [1.54, 1.807) is 0 Å². The minimum absolute atomic E-state index is 0.00455. The van der Waals surface area contributed by atoms with Gasteiger partial charge in [0.25, 0.3) is 11.8 Å². The summed E-state index contributed by atoms with van der Waals surface area (Å²) in [6.07, 6.45) is 2.67. The van der Waals surface area contributed by atoms with Crippen LogP contribution in [0.25, 0.3) is 5.57 Å². The summed E-state index contributed by atoms with van der Waals surface area (Å²) in [5, 5.41) is 0. The molecule has 2 heterocycles. The molecule has 1 aromatic rings. The Labute approximate surface area is 173 Å². The van der Waals surface area contributed by atoms with Gasteiger partial charge in [0.1, 0.15) is 11.4 Å². The minimum Gasteiger partial charge on any atom is -0.494 e. The summed E-state index contributed by atoms with van der Waals surface area (Å²) in [6, 6.07) is 7.49. The third-order valence-corrected chi connectivity index (χ3v) is 5.23. The zero-order chi connectivity index (χ0) is 21.0. The Morgan fingerprint density at radius 2 is 1.66 bits per heavy atom. The van der Waals surface area contributed by atoms with Crippen LogP contribution >= 0.6 is 0 Å². The summed E-state index contributed by atoms with van der Waals surface area (Å²) < 4.78 is 11.5. The molecule has 6 heteroatoms. The predicted octanol–water partition coefficient (Wildman–Crippen LogP) is 3.46. The van der Waals surface area contributed by atoms with Gasteiger partial charge in [0.15, 0.2) is 0 Å². The van der Waals surface area contributed by atoms with Crippen molar-refractivity contribution in [1.29, 1.82) is 0 Å². The van der Waals surface area contributed by atoms with Gasteiger partial charge in [0.05, 0.1) is 24.4 Å². The van der Waals surface area contributed by atoms with E-state index in [0.717, 1.165) is 30.6 Å². The summed E-state index contributed by atoms with van der Waals surface area (Å²) in [7, 11) is 0. The van der Waals surface area contributed by atoms with Gasteiger partial charge in [-0.25, -0.2) is 0 Å². The summed E-state index contributed by atoms with van der Waals surface area (Å²) in [4.78, 5) is 30.0. The first-order valence-corrected chi connectivity index (χ1v) is 10.7. The number of imide groups is 1. The summed E-state index contributed by atoms with van der Waals surface area (Å²) in [5.41, 5.74) is 1.76. The fraction of sp³-hybridized carbons (Fsp3) is 0.565. The number of amides is 2. The molecule has 0 N–H and O–H groups in total. The number of rotatable bonds is 8. The number of morpholine rings is 1. The van der Waals surface area contributed by atoms with Crippen LogP contribution in [-0.4, -0.2) is 60.1 Å². The van der Waals surface area contributed by atoms with Crippen LogP contribution in [0.4, 0.5) is 0 Å². The van der Waals surface area contributed by atoms with Crippen LogP contribution in [0.3, 0.4) is 0 Å². The molecule has 6 nitrogen and oxygen atoms in total. The monoisotopic (exact) mass is 400 g/mol. The van der Waals surface area contributed by atoms with E-state index in [1.807, 2.05) is 43.0 Å². The van der Waals surface area contributed by atoms with Crippen molar-refractivity contribution in [2.75, 3.05) is 26.2 Å². The first-order valence-electron chi connectivity index (χ1n) is 10.7. The van der Waals surface area contributed by atoms with Crippen molar-refractivity contribution in [3.63, 3.8) is 0 Å². The third-order valence-electron chi connectivity index (χ3n) is 5.23. The first kappa shape index (κ1) is 21.4. The molecule has 0 radical (unpaired) electrons. The predicted molar refractivity (Wildman–Crippen MR) is 112 cm³/mol. The highest BCUT2D eigenvalue weighted by atomic mass is 16.5. The number of unbranched alkanes of at least 4 members (excludes halogenated alkanes) is 1. The van der Waals surface area contributed by atoms with Crippen molar-refractivity contribution in [3.8, 4) is 5.75 Å². The molecule has 1 aromatic carbocycles. The smallest absolute Gasteiger partial charge is 0.277 e. The Kier molecular flexibility index (Phi) is 6.96. The van der Waals surface area contributed by atoms with E-state index >= 15 is 0 Å². The topological polar surface area (TPSA) is 59.1 Å². The maximum atomic E-state index is 13.3. The van der Waals surface area contributed by atoms with E-state index in [2.05, 4.69) is 13.8 Å². The number of ether oxygens (including phenoxy) is 2. The van der Waals surface area contributed by atoms with E-state index in [1.165, 1.54) is 4.90 Å². The highest BCUT2D eigenvalue weighted by molar-refractivity contribution is 6.35. The Bertz CT molecular complexity index is 762. The van der Waals surface area contributed by atoms with Gasteiger partial charge < -0.3 is 14.4 Å². The van der Waals surface area contributed by atoms with Crippen LogP contribution in [0, 0.1) is 0 Å². The molecule has 0 bridgehead atoms. The van der Waals surface area contributed by atoms with Crippen molar-refractivity contribution < 1.29 is 19.1 Å². The standard InChI is InChI=1S/C23H32N2O4/c1-5-7-12-25-22(26)20(18-8-10-19(11-9-18)28-13-6-2)21(23(25)27)24-14-16(3)29-17(4)15-24/h8-11,16-17H,5-7,12-15H2,1-4H3. The molecule has 29 heavy (non-hydrogen) atoms. The van der Waals surface area contributed by atoms with Gasteiger partial charge in [0, 0.05) is 19.6 Å². The second-order valence-corrected chi connectivity index (χ2v) is 7.87. The summed E-state index contributed by atoms with van der Waals surface area (Å²) >= 11 is 0. The highest BCUT2D eigenvalue weighted by Gasteiger charge is 2.42.